The highest BCUT2D eigenvalue weighted by Gasteiger charge is 2.74. The summed E-state index contributed by atoms with van der Waals surface area (Å²) in [7, 11) is 0. The van der Waals surface area contributed by atoms with Crippen molar-refractivity contribution >= 4 is 29.1 Å². The third-order valence-electron chi connectivity index (χ3n) is 8.03. The molecule has 2 amide bonds. The summed E-state index contributed by atoms with van der Waals surface area (Å²) >= 11 is 6.33. The summed E-state index contributed by atoms with van der Waals surface area (Å²) < 4.78 is 95.3. The minimum absolute atomic E-state index is 0.0200. The summed E-state index contributed by atoms with van der Waals surface area (Å²) in [6.45, 7) is 3.06. The van der Waals surface area contributed by atoms with Crippen LogP contribution in [0.1, 0.15) is 76.5 Å². The maximum absolute atomic E-state index is 14.2. The Labute approximate surface area is 284 Å². The number of nitrogens with zero attached hydrogens (tertiary/aromatic N) is 7. The lowest BCUT2D eigenvalue weighted by molar-refractivity contribution is -0.360. The summed E-state index contributed by atoms with van der Waals surface area (Å²) in [5, 5.41) is 25.7. The van der Waals surface area contributed by atoms with Crippen LogP contribution in [0, 0.1) is 17.2 Å². The third-order valence-corrected chi connectivity index (χ3v) is 8.32. The maximum atomic E-state index is 14.2. The SMILES string of the molecule is CCc1cc(C#N)cc(C(=O)NC(CC)C2CC2)c1NC(=O)c1cc(Cn2cc(C(F)(F)C(F)(F)C(F)(F)F)nn2)nn1-c1ncccc1Cl. The number of aromatic nitrogens is 6. The van der Waals surface area contributed by atoms with Crippen molar-refractivity contribution in [2.75, 3.05) is 5.32 Å². The quantitative estimate of drug-likeness (QED) is 0.160. The van der Waals surface area contributed by atoms with Gasteiger partial charge in [-0.2, -0.15) is 41.1 Å². The van der Waals surface area contributed by atoms with Crippen LogP contribution < -0.4 is 10.6 Å². The first-order valence-corrected chi connectivity index (χ1v) is 15.5. The first kappa shape index (κ1) is 36.2. The molecule has 4 aromatic rings. The molecule has 0 spiro atoms. The van der Waals surface area contributed by atoms with Gasteiger partial charge in [-0.25, -0.2) is 14.3 Å². The fourth-order valence-corrected chi connectivity index (χ4v) is 5.44. The molecule has 264 valence electrons. The Balaban J connectivity index is 1.52. The summed E-state index contributed by atoms with van der Waals surface area (Å²) in [4.78, 5) is 31.6. The first-order valence-electron chi connectivity index (χ1n) is 15.1. The molecule has 0 bridgehead atoms. The Kier molecular flexibility index (Phi) is 9.92. The van der Waals surface area contributed by atoms with E-state index in [0.717, 1.165) is 23.6 Å². The molecule has 1 saturated carbocycles. The van der Waals surface area contributed by atoms with Gasteiger partial charge in [-0.3, -0.25) is 9.59 Å². The van der Waals surface area contributed by atoms with Gasteiger partial charge in [-0.15, -0.1) is 5.10 Å². The number of hydrogen-bond donors (Lipinski definition) is 2. The number of carbonyl (C=O) groups excluding carboxylic acids is 2. The van der Waals surface area contributed by atoms with Gasteiger partial charge in [-0.05, 0) is 67.5 Å². The average molecular weight is 726 g/mol. The number of nitrogens with one attached hydrogen (secondary N) is 2. The van der Waals surface area contributed by atoms with E-state index in [1.54, 1.807) is 6.92 Å². The molecule has 0 radical (unpaired) electrons. The van der Waals surface area contributed by atoms with E-state index >= 15 is 0 Å². The normalized spacial score (nSPS) is 14.3. The second-order valence-corrected chi connectivity index (χ2v) is 11.9. The molecule has 19 heteroatoms. The molecule has 1 unspecified atom stereocenters. The van der Waals surface area contributed by atoms with Gasteiger partial charge in [0.05, 0.1) is 46.3 Å². The van der Waals surface area contributed by atoms with E-state index in [0.29, 0.717) is 29.0 Å². The maximum Gasteiger partial charge on any atom is 0.460 e. The van der Waals surface area contributed by atoms with E-state index in [-0.39, 0.29) is 51.3 Å². The van der Waals surface area contributed by atoms with Gasteiger partial charge in [-0.1, -0.05) is 30.7 Å². The number of amides is 2. The topological polar surface area (TPSA) is 143 Å². The molecule has 0 saturated heterocycles. The molecule has 2 N–H and O–H groups in total. The Morgan fingerprint density at radius 3 is 2.42 bits per heavy atom. The van der Waals surface area contributed by atoms with E-state index in [4.69, 9.17) is 11.6 Å². The van der Waals surface area contributed by atoms with Gasteiger partial charge in [0.25, 0.3) is 11.8 Å². The predicted molar refractivity (Wildman–Crippen MR) is 163 cm³/mol. The largest absolute Gasteiger partial charge is 0.460 e. The molecule has 1 aromatic carbocycles. The number of halogens is 8. The van der Waals surface area contributed by atoms with Crippen molar-refractivity contribution in [2.24, 2.45) is 5.92 Å². The first-order chi connectivity index (χ1) is 23.5. The van der Waals surface area contributed by atoms with Crippen molar-refractivity contribution in [3.05, 3.63) is 81.5 Å². The minimum atomic E-state index is -6.58. The number of hydrogen-bond acceptors (Lipinski definition) is 7. The van der Waals surface area contributed by atoms with Gasteiger partial charge >= 0.3 is 18.0 Å². The molecule has 1 atom stereocenters. The van der Waals surface area contributed by atoms with Crippen LogP contribution in [0.2, 0.25) is 5.02 Å². The molecule has 1 aliphatic carbocycles. The number of nitriles is 1. The predicted octanol–water partition coefficient (Wildman–Crippen LogP) is 6.45. The standard InChI is InChI=1S/C31H27ClF7N9O2/c1-3-17-10-16(13-40)11-20(27(49)42-22(4-2)18-7-8-18)25(17)43-28(50)23-12-19(45-48(23)26-21(32)6-5-9-41-26)14-47-15-24(44-46-47)29(33,34)30(35,36)31(37,38)39/h5-6,9-12,15,18,22H,3-4,7-8,14H2,1-2H3,(H,42,49)(H,43,50). The molecule has 1 fully saturated rings. The van der Waals surface area contributed by atoms with Gasteiger partial charge in [0, 0.05) is 12.2 Å². The van der Waals surface area contributed by atoms with Gasteiger partial charge in [0.1, 0.15) is 5.69 Å². The number of anilines is 1. The summed E-state index contributed by atoms with van der Waals surface area (Å²) in [6, 6.07) is 8.84. The van der Waals surface area contributed by atoms with Crippen molar-refractivity contribution in [3.63, 3.8) is 0 Å². The zero-order chi connectivity index (χ0) is 36.6. The van der Waals surface area contributed by atoms with Gasteiger partial charge in [0.15, 0.2) is 11.5 Å². The van der Waals surface area contributed by atoms with E-state index < -0.39 is 42.1 Å². The Hall–Kier alpha value is -5.05. The molecule has 3 heterocycles. The fourth-order valence-electron chi connectivity index (χ4n) is 5.24. The molecular weight excluding hydrogens is 699 g/mol. The highest BCUT2D eigenvalue weighted by Crippen LogP contribution is 2.51. The number of pyridine rings is 1. The Morgan fingerprint density at radius 1 is 1.10 bits per heavy atom. The van der Waals surface area contributed by atoms with Crippen LogP contribution in [0.4, 0.5) is 36.4 Å². The summed E-state index contributed by atoms with van der Waals surface area (Å²) in [5.74, 6) is -13.3. The zero-order valence-electron chi connectivity index (χ0n) is 26.2. The molecule has 1 aliphatic rings. The molecule has 50 heavy (non-hydrogen) atoms. The van der Waals surface area contributed by atoms with Crippen LogP contribution in [0.15, 0.2) is 42.7 Å². The minimum Gasteiger partial charge on any atom is -0.349 e. The highest BCUT2D eigenvalue weighted by molar-refractivity contribution is 6.32. The van der Waals surface area contributed by atoms with Crippen molar-refractivity contribution in [1.29, 1.82) is 5.26 Å². The van der Waals surface area contributed by atoms with E-state index in [1.807, 2.05) is 13.0 Å². The van der Waals surface area contributed by atoms with Gasteiger partial charge in [0.2, 0.25) is 0 Å². The lowest BCUT2D eigenvalue weighted by Crippen LogP contribution is -2.50. The number of carbonyl (C=O) groups is 2. The van der Waals surface area contributed by atoms with Crippen molar-refractivity contribution in [3.8, 4) is 11.9 Å². The summed E-state index contributed by atoms with van der Waals surface area (Å²) in [5.41, 5.74) is -1.55. The monoisotopic (exact) mass is 725 g/mol. The van der Waals surface area contributed by atoms with Gasteiger partial charge < -0.3 is 10.6 Å². The molecular formula is C31H27ClF7N9O2. The van der Waals surface area contributed by atoms with Crippen LogP contribution in [0.5, 0.6) is 0 Å². The van der Waals surface area contributed by atoms with Crippen LogP contribution in [0.3, 0.4) is 0 Å². The third kappa shape index (κ3) is 6.99. The van der Waals surface area contributed by atoms with Crippen LogP contribution >= 0.6 is 11.6 Å². The van der Waals surface area contributed by atoms with E-state index in [1.165, 1.54) is 30.5 Å². The molecule has 11 nitrogen and oxygen atoms in total. The van der Waals surface area contributed by atoms with Crippen molar-refractivity contribution in [1.82, 2.24) is 35.1 Å². The van der Waals surface area contributed by atoms with Crippen LogP contribution in [-0.4, -0.2) is 59.7 Å². The molecule has 5 rings (SSSR count). The van der Waals surface area contributed by atoms with Crippen molar-refractivity contribution in [2.45, 2.75) is 70.1 Å². The number of alkyl halides is 7. The van der Waals surface area contributed by atoms with Crippen LogP contribution in [0.25, 0.3) is 5.82 Å². The lowest BCUT2D eigenvalue weighted by atomic mass is 9.99. The number of rotatable bonds is 12. The van der Waals surface area contributed by atoms with Crippen molar-refractivity contribution < 1.29 is 40.3 Å². The second-order valence-electron chi connectivity index (χ2n) is 11.5. The Morgan fingerprint density at radius 2 is 1.82 bits per heavy atom. The van der Waals surface area contributed by atoms with E-state index in [2.05, 4.69) is 31.0 Å². The number of benzene rings is 1. The average Bonchev–Trinajstić information content (AvgIpc) is 3.65. The highest BCUT2D eigenvalue weighted by atomic mass is 35.5. The Bertz CT molecular complexity index is 1970. The number of aryl methyl sites for hydroxylation is 1. The van der Waals surface area contributed by atoms with E-state index in [9.17, 15) is 45.6 Å². The molecule has 3 aromatic heterocycles. The smallest absolute Gasteiger partial charge is 0.349 e. The molecule has 0 aliphatic heterocycles. The van der Waals surface area contributed by atoms with Crippen LogP contribution in [-0.2, 0) is 18.9 Å². The lowest BCUT2D eigenvalue weighted by Gasteiger charge is -2.26. The second kappa shape index (κ2) is 13.7. The summed E-state index contributed by atoms with van der Waals surface area (Å²) in [6.07, 6.45) is -2.16. The fraction of sp³-hybridized carbons (Fsp3) is 0.387. The zero-order valence-corrected chi connectivity index (χ0v) is 27.0.